The Morgan fingerprint density at radius 2 is 2.00 bits per heavy atom. The van der Waals surface area contributed by atoms with Gasteiger partial charge in [0, 0.05) is 23.0 Å². The highest BCUT2D eigenvalue weighted by Crippen LogP contribution is 2.16. The van der Waals surface area contributed by atoms with Crippen LogP contribution in [-0.4, -0.2) is 15.9 Å². The summed E-state index contributed by atoms with van der Waals surface area (Å²) in [5, 5.41) is 0.928. The molecule has 3 heteroatoms. The lowest BCUT2D eigenvalue weighted by atomic mass is 10.00. The van der Waals surface area contributed by atoms with Gasteiger partial charge in [-0.15, -0.1) is 0 Å². The number of rotatable bonds is 6. The lowest BCUT2D eigenvalue weighted by molar-refractivity contribution is -0.119. The average molecular weight is 300 g/mol. The molecule has 0 spiro atoms. The van der Waals surface area contributed by atoms with Gasteiger partial charge in [0.2, 0.25) is 0 Å². The zero-order chi connectivity index (χ0) is 9.56. The largest absolute Gasteiger partial charge is 0.300 e. The van der Waals surface area contributed by atoms with Gasteiger partial charge >= 0.3 is 0 Å². The number of alkyl halides is 2. The predicted octanol–water partition coefficient (Wildman–Crippen LogP) is 3.54. The van der Waals surface area contributed by atoms with Crippen molar-refractivity contribution in [3.63, 3.8) is 0 Å². The van der Waals surface area contributed by atoms with Crippen LogP contribution in [-0.2, 0) is 4.79 Å². The maximum atomic E-state index is 11.3. The summed E-state index contributed by atoms with van der Waals surface area (Å²) in [6, 6.07) is 0. The van der Waals surface area contributed by atoms with Gasteiger partial charge in [-0.05, 0) is 12.3 Å². The van der Waals surface area contributed by atoms with E-state index in [1.165, 1.54) is 0 Å². The van der Waals surface area contributed by atoms with Crippen molar-refractivity contribution in [2.45, 2.75) is 37.9 Å². The van der Waals surface area contributed by atoms with Gasteiger partial charge in [0.15, 0.2) is 0 Å². The van der Waals surface area contributed by atoms with Crippen LogP contribution in [0.15, 0.2) is 0 Å². The van der Waals surface area contributed by atoms with Gasteiger partial charge in [0.25, 0.3) is 0 Å². The molecule has 0 saturated carbocycles. The zero-order valence-corrected chi connectivity index (χ0v) is 10.8. The van der Waals surface area contributed by atoms with Gasteiger partial charge in [-0.1, -0.05) is 45.7 Å². The number of carbonyl (C=O) groups excluding carboxylic acids is 1. The van der Waals surface area contributed by atoms with E-state index in [1.807, 2.05) is 0 Å². The van der Waals surface area contributed by atoms with E-state index in [-0.39, 0.29) is 0 Å². The van der Waals surface area contributed by atoms with Crippen LogP contribution < -0.4 is 0 Å². The summed E-state index contributed by atoms with van der Waals surface area (Å²) in [5.74, 6) is 0.834. The molecule has 0 unspecified atom stereocenters. The molecule has 0 radical (unpaired) electrons. The van der Waals surface area contributed by atoms with E-state index in [4.69, 9.17) is 0 Å². The van der Waals surface area contributed by atoms with Crippen LogP contribution in [0, 0.1) is 5.92 Å². The van der Waals surface area contributed by atoms with Crippen LogP contribution in [0.2, 0.25) is 0 Å². The first-order valence-electron chi connectivity index (χ1n) is 4.29. The monoisotopic (exact) mass is 298 g/mol. The van der Waals surface area contributed by atoms with Crippen LogP contribution in [0.25, 0.3) is 0 Å². The molecule has 0 heterocycles. The van der Waals surface area contributed by atoms with E-state index in [0.717, 1.165) is 18.2 Å². The third kappa shape index (κ3) is 6.18. The number of hydrogen-bond donors (Lipinski definition) is 0. The van der Waals surface area contributed by atoms with Crippen molar-refractivity contribution >= 4 is 37.6 Å². The van der Waals surface area contributed by atoms with Gasteiger partial charge in [-0.3, -0.25) is 4.79 Å². The first kappa shape index (κ1) is 12.6. The Morgan fingerprint density at radius 1 is 1.42 bits per heavy atom. The molecule has 0 aliphatic carbocycles. The molecule has 0 amide bonds. The Kier molecular flexibility index (Phi) is 7.45. The zero-order valence-electron chi connectivity index (χ0n) is 7.65. The summed E-state index contributed by atoms with van der Waals surface area (Å²) in [6.07, 6.45) is 2.39. The Hall–Kier alpha value is 0.630. The van der Waals surface area contributed by atoms with E-state index in [2.05, 4.69) is 45.7 Å². The summed E-state index contributed by atoms with van der Waals surface area (Å²) < 4.78 is 0. The predicted molar refractivity (Wildman–Crippen MR) is 60.2 cm³/mol. The van der Waals surface area contributed by atoms with Crippen molar-refractivity contribution in [1.82, 2.24) is 0 Å². The minimum atomic E-state index is 0.383. The molecule has 1 nitrogen and oxygen atoms in total. The molecule has 0 saturated heterocycles. The lowest BCUT2D eigenvalue weighted by Crippen LogP contribution is -2.12. The van der Waals surface area contributed by atoms with Crippen molar-refractivity contribution in [2.75, 3.05) is 5.33 Å². The van der Waals surface area contributed by atoms with E-state index in [1.54, 1.807) is 0 Å². The summed E-state index contributed by atoms with van der Waals surface area (Å²) in [6.45, 7) is 4.19. The third-order valence-electron chi connectivity index (χ3n) is 1.92. The van der Waals surface area contributed by atoms with E-state index < -0.39 is 0 Å². The summed E-state index contributed by atoms with van der Waals surface area (Å²) in [5.41, 5.74) is 0. The molecule has 0 N–H and O–H groups in total. The topological polar surface area (TPSA) is 17.1 Å². The molecular formula is C9H16Br2O. The maximum Gasteiger partial charge on any atom is 0.133 e. The van der Waals surface area contributed by atoms with E-state index >= 15 is 0 Å². The van der Waals surface area contributed by atoms with Crippen molar-refractivity contribution < 1.29 is 4.79 Å². The van der Waals surface area contributed by atoms with Crippen molar-refractivity contribution in [1.29, 1.82) is 0 Å². The smallest absolute Gasteiger partial charge is 0.133 e. The summed E-state index contributed by atoms with van der Waals surface area (Å²) >= 11 is 6.79. The molecule has 0 aromatic rings. The number of carbonyl (C=O) groups is 1. The van der Waals surface area contributed by atoms with Crippen molar-refractivity contribution in [3.05, 3.63) is 0 Å². The number of ketones is 1. The van der Waals surface area contributed by atoms with Crippen molar-refractivity contribution in [2.24, 2.45) is 5.92 Å². The molecule has 0 aromatic heterocycles. The second-order valence-electron chi connectivity index (χ2n) is 3.19. The second-order valence-corrected chi connectivity index (χ2v) is 5.43. The standard InChI is InChI=1S/C9H16Br2O/c1-7(8(2)11)6-9(12)4-3-5-10/h7-8H,3-6H2,1-2H3/t7-,8+/m0/s1. The van der Waals surface area contributed by atoms with Gasteiger partial charge < -0.3 is 0 Å². The number of Topliss-reactive ketones (excluding diaryl/α,β-unsaturated/α-hetero) is 1. The molecule has 0 aliphatic heterocycles. The quantitative estimate of drug-likeness (QED) is 0.686. The Morgan fingerprint density at radius 3 is 2.42 bits per heavy atom. The molecular weight excluding hydrogens is 284 g/mol. The minimum absolute atomic E-state index is 0.383. The highest BCUT2D eigenvalue weighted by Gasteiger charge is 2.12. The molecule has 12 heavy (non-hydrogen) atoms. The third-order valence-corrected chi connectivity index (χ3v) is 3.39. The Balaban J connectivity index is 3.54. The molecule has 0 aliphatic rings. The molecule has 72 valence electrons. The average Bonchev–Trinajstić information content (AvgIpc) is 2.00. The SMILES string of the molecule is C[C@@H](Br)[C@@H](C)CC(=O)CCCBr. The molecule has 0 fully saturated rings. The fraction of sp³-hybridized carbons (Fsp3) is 0.889. The van der Waals surface area contributed by atoms with Crippen LogP contribution in [0.1, 0.15) is 33.1 Å². The summed E-state index contributed by atoms with van der Waals surface area (Å²) in [7, 11) is 0. The normalized spacial score (nSPS) is 15.7. The van der Waals surface area contributed by atoms with Gasteiger partial charge in [-0.25, -0.2) is 0 Å². The van der Waals surface area contributed by atoms with Gasteiger partial charge in [-0.2, -0.15) is 0 Å². The summed E-state index contributed by atoms with van der Waals surface area (Å²) in [4.78, 5) is 11.7. The van der Waals surface area contributed by atoms with Gasteiger partial charge in [0.05, 0.1) is 0 Å². The fourth-order valence-corrected chi connectivity index (χ4v) is 1.35. The second kappa shape index (κ2) is 7.07. The van der Waals surface area contributed by atoms with Crippen LogP contribution in [0.5, 0.6) is 0 Å². The highest BCUT2D eigenvalue weighted by molar-refractivity contribution is 9.09. The highest BCUT2D eigenvalue weighted by atomic mass is 79.9. The molecule has 0 aromatic carbocycles. The van der Waals surface area contributed by atoms with Crippen LogP contribution >= 0.6 is 31.9 Å². The molecule has 0 rings (SSSR count). The Bertz CT molecular complexity index is 134. The Labute approximate surface area is 91.6 Å². The first-order chi connectivity index (χ1) is 5.57. The van der Waals surface area contributed by atoms with E-state index in [9.17, 15) is 4.79 Å². The van der Waals surface area contributed by atoms with Crippen LogP contribution in [0.4, 0.5) is 0 Å². The molecule has 2 atom stereocenters. The fourth-order valence-electron chi connectivity index (χ4n) is 0.888. The van der Waals surface area contributed by atoms with Crippen molar-refractivity contribution in [3.8, 4) is 0 Å². The van der Waals surface area contributed by atoms with Gasteiger partial charge in [0.1, 0.15) is 5.78 Å². The molecule has 0 bridgehead atoms. The lowest BCUT2D eigenvalue weighted by Gasteiger charge is -2.12. The van der Waals surface area contributed by atoms with Crippen LogP contribution in [0.3, 0.4) is 0 Å². The minimum Gasteiger partial charge on any atom is -0.300 e. The number of hydrogen-bond acceptors (Lipinski definition) is 1. The number of halogens is 2. The van der Waals surface area contributed by atoms with E-state index in [0.29, 0.717) is 22.9 Å². The maximum absolute atomic E-state index is 11.3. The first-order valence-corrected chi connectivity index (χ1v) is 6.33.